The van der Waals surface area contributed by atoms with Crippen LogP contribution in [-0.4, -0.2) is 59.1 Å². The molecule has 0 aliphatic carbocycles. The fraction of sp³-hybridized carbons (Fsp3) is 0.417. The van der Waals surface area contributed by atoms with E-state index in [2.05, 4.69) is 45.3 Å². The number of benzene rings is 1. The van der Waals surface area contributed by atoms with E-state index in [9.17, 15) is 4.79 Å². The lowest BCUT2D eigenvalue weighted by Crippen LogP contribution is -2.42. The van der Waals surface area contributed by atoms with Gasteiger partial charge in [-0.25, -0.2) is 9.78 Å². The molecule has 0 saturated carbocycles. The van der Waals surface area contributed by atoms with Crippen LogP contribution < -0.4 is 4.90 Å². The van der Waals surface area contributed by atoms with Gasteiger partial charge in [0.05, 0.1) is 12.0 Å². The fourth-order valence-electron chi connectivity index (χ4n) is 4.74. The summed E-state index contributed by atoms with van der Waals surface area (Å²) in [4.78, 5) is 25.6. The number of unbranched alkanes of at least 4 members (excludes halogenated alkanes) is 1. The monoisotopic (exact) mass is 435 g/mol. The second-order valence-electron chi connectivity index (χ2n) is 8.60. The highest BCUT2D eigenvalue weighted by molar-refractivity contribution is 8.03. The molecule has 0 saturated heterocycles. The molecule has 162 valence electrons. The van der Waals surface area contributed by atoms with Crippen LogP contribution in [-0.2, 0) is 13.0 Å². The molecule has 3 aliphatic heterocycles. The maximum absolute atomic E-state index is 12.2. The minimum atomic E-state index is -0.0926. The Bertz CT molecular complexity index is 1070. The van der Waals surface area contributed by atoms with Crippen LogP contribution in [0.15, 0.2) is 52.5 Å². The molecule has 1 aromatic heterocycles. The summed E-state index contributed by atoms with van der Waals surface area (Å²) in [5.41, 5.74) is 4.77. The van der Waals surface area contributed by atoms with Crippen LogP contribution in [0.25, 0.3) is 5.70 Å². The Labute approximate surface area is 188 Å². The van der Waals surface area contributed by atoms with Gasteiger partial charge in [0.25, 0.3) is 0 Å². The Kier molecular flexibility index (Phi) is 5.40. The number of imidazole rings is 1. The SMILES string of the molecule is C=C1c2c(ncn2CCCCN2CCC3=C(Cc4ccccc4S3)C2)N(C)C(=O)N1C. The van der Waals surface area contributed by atoms with Crippen LogP contribution in [0.5, 0.6) is 0 Å². The third-order valence-electron chi connectivity index (χ3n) is 6.59. The molecular weight excluding hydrogens is 406 g/mol. The van der Waals surface area contributed by atoms with Crippen LogP contribution in [0.4, 0.5) is 10.6 Å². The minimum absolute atomic E-state index is 0.0926. The number of urea groups is 1. The molecule has 0 fully saturated rings. The number of aromatic nitrogens is 2. The Balaban J connectivity index is 1.15. The van der Waals surface area contributed by atoms with Gasteiger partial charge >= 0.3 is 6.03 Å². The highest BCUT2D eigenvalue weighted by Crippen LogP contribution is 2.41. The standard InChI is InChI=1S/C24H29N5OS/c1-17-22-23(27(3)24(30)26(17)2)25-16-29(22)12-7-6-11-28-13-10-21-19(15-28)14-18-8-4-5-9-20(18)31-21/h4-5,8-9,16H,1,6-7,10-15H2,2-3H3. The molecule has 6 nitrogen and oxygen atoms in total. The van der Waals surface area contributed by atoms with Crippen molar-refractivity contribution in [2.24, 2.45) is 0 Å². The third-order valence-corrected chi connectivity index (χ3v) is 7.94. The van der Waals surface area contributed by atoms with Crippen LogP contribution in [0.1, 0.15) is 30.5 Å². The molecule has 7 heteroatoms. The number of hydrogen-bond acceptors (Lipinski definition) is 4. The van der Waals surface area contributed by atoms with E-state index in [0.29, 0.717) is 5.82 Å². The number of amides is 2. The van der Waals surface area contributed by atoms with Crippen molar-refractivity contribution in [1.29, 1.82) is 0 Å². The van der Waals surface area contributed by atoms with Crippen molar-refractivity contribution < 1.29 is 4.79 Å². The van der Waals surface area contributed by atoms with Crippen LogP contribution >= 0.6 is 11.8 Å². The maximum atomic E-state index is 12.2. The summed E-state index contributed by atoms with van der Waals surface area (Å²) in [5, 5.41) is 0. The topological polar surface area (TPSA) is 44.6 Å². The van der Waals surface area contributed by atoms with Gasteiger partial charge in [0.15, 0.2) is 5.82 Å². The van der Waals surface area contributed by atoms with E-state index in [1.54, 1.807) is 34.4 Å². The molecule has 5 rings (SSSR count). The van der Waals surface area contributed by atoms with Gasteiger partial charge < -0.3 is 4.57 Å². The third kappa shape index (κ3) is 3.70. The van der Waals surface area contributed by atoms with Gasteiger partial charge in [-0.1, -0.05) is 36.5 Å². The Hall–Kier alpha value is -2.51. The first-order chi connectivity index (χ1) is 15.0. The van der Waals surface area contributed by atoms with Crippen molar-refractivity contribution in [3.05, 3.63) is 58.9 Å². The smallest absolute Gasteiger partial charge is 0.328 e. The molecule has 1 aromatic carbocycles. The molecular formula is C24H29N5OS. The van der Waals surface area contributed by atoms with Gasteiger partial charge in [-0.15, -0.1) is 0 Å². The van der Waals surface area contributed by atoms with Crippen LogP contribution in [0.3, 0.4) is 0 Å². The second-order valence-corrected chi connectivity index (χ2v) is 9.74. The lowest BCUT2D eigenvalue weighted by molar-refractivity contribution is 0.230. The molecule has 0 spiro atoms. The first-order valence-electron chi connectivity index (χ1n) is 11.0. The molecule has 0 unspecified atom stereocenters. The van der Waals surface area contributed by atoms with E-state index < -0.39 is 0 Å². The average molecular weight is 436 g/mol. The Morgan fingerprint density at radius 3 is 2.81 bits per heavy atom. The molecule has 31 heavy (non-hydrogen) atoms. The summed E-state index contributed by atoms with van der Waals surface area (Å²) in [6.45, 7) is 8.39. The number of rotatable bonds is 5. The predicted molar refractivity (Wildman–Crippen MR) is 126 cm³/mol. The van der Waals surface area contributed by atoms with E-state index in [1.807, 2.05) is 18.1 Å². The number of hydrogen-bond donors (Lipinski definition) is 0. The van der Waals surface area contributed by atoms with Crippen LogP contribution in [0, 0.1) is 0 Å². The summed E-state index contributed by atoms with van der Waals surface area (Å²) >= 11 is 1.99. The lowest BCUT2D eigenvalue weighted by Gasteiger charge is -2.33. The number of carbonyl (C=O) groups is 1. The van der Waals surface area contributed by atoms with Gasteiger partial charge in [0.2, 0.25) is 0 Å². The van der Waals surface area contributed by atoms with Crippen LogP contribution in [0.2, 0.25) is 0 Å². The normalized spacial score (nSPS) is 18.9. The van der Waals surface area contributed by atoms with Crippen molar-refractivity contribution in [1.82, 2.24) is 19.4 Å². The molecule has 2 aromatic rings. The summed E-state index contributed by atoms with van der Waals surface area (Å²) < 4.78 is 2.14. The van der Waals surface area contributed by atoms with Gasteiger partial charge in [0, 0.05) is 38.6 Å². The van der Waals surface area contributed by atoms with Crippen molar-refractivity contribution in [2.75, 3.05) is 38.6 Å². The van der Waals surface area contributed by atoms with E-state index in [0.717, 1.165) is 56.8 Å². The van der Waals surface area contributed by atoms with Crippen molar-refractivity contribution in [2.45, 2.75) is 37.1 Å². The van der Waals surface area contributed by atoms with Gasteiger partial charge in [-0.3, -0.25) is 14.7 Å². The van der Waals surface area contributed by atoms with Crippen molar-refractivity contribution in [3.8, 4) is 0 Å². The molecule has 3 aliphatic rings. The average Bonchev–Trinajstić information content (AvgIpc) is 3.21. The Morgan fingerprint density at radius 1 is 1.13 bits per heavy atom. The summed E-state index contributed by atoms with van der Waals surface area (Å²) in [7, 11) is 3.53. The number of nitrogens with zero attached hydrogens (tertiary/aromatic N) is 5. The van der Waals surface area contributed by atoms with E-state index >= 15 is 0 Å². The molecule has 0 radical (unpaired) electrons. The first-order valence-corrected chi connectivity index (χ1v) is 11.8. The molecule has 2 amide bonds. The fourth-order valence-corrected chi connectivity index (χ4v) is 5.90. The Morgan fingerprint density at radius 2 is 1.94 bits per heavy atom. The van der Waals surface area contributed by atoms with E-state index in [1.165, 1.54) is 16.9 Å². The molecule has 0 N–H and O–H groups in total. The molecule has 0 bridgehead atoms. The van der Waals surface area contributed by atoms with Gasteiger partial charge in [-0.2, -0.15) is 0 Å². The molecule has 4 heterocycles. The van der Waals surface area contributed by atoms with Crippen molar-refractivity contribution >= 4 is 29.3 Å². The minimum Gasteiger partial charge on any atom is -0.328 e. The maximum Gasteiger partial charge on any atom is 0.329 e. The summed E-state index contributed by atoms with van der Waals surface area (Å²) in [6, 6.07) is 8.73. The number of fused-ring (bicyclic) bond motifs is 2. The van der Waals surface area contributed by atoms with E-state index in [4.69, 9.17) is 0 Å². The zero-order chi connectivity index (χ0) is 21.5. The second kappa shape index (κ2) is 8.20. The number of aryl methyl sites for hydroxylation is 1. The zero-order valence-electron chi connectivity index (χ0n) is 18.3. The predicted octanol–water partition coefficient (Wildman–Crippen LogP) is 4.44. The first kappa shape index (κ1) is 20.4. The number of carbonyl (C=O) groups excluding carboxylic acids is 1. The quantitative estimate of drug-likeness (QED) is 0.651. The van der Waals surface area contributed by atoms with Crippen molar-refractivity contribution in [3.63, 3.8) is 0 Å². The lowest BCUT2D eigenvalue weighted by atomic mass is 10.00. The number of thioether (sulfide) groups is 1. The zero-order valence-corrected chi connectivity index (χ0v) is 19.1. The highest BCUT2D eigenvalue weighted by atomic mass is 32.2. The largest absolute Gasteiger partial charge is 0.329 e. The number of anilines is 1. The van der Waals surface area contributed by atoms with Gasteiger partial charge in [-0.05, 0) is 54.3 Å². The molecule has 0 atom stereocenters. The summed E-state index contributed by atoms with van der Waals surface area (Å²) in [5.74, 6) is 0.707. The summed E-state index contributed by atoms with van der Waals surface area (Å²) in [6.07, 6.45) is 6.36. The van der Waals surface area contributed by atoms with E-state index in [-0.39, 0.29) is 6.03 Å². The highest BCUT2D eigenvalue weighted by Gasteiger charge is 2.32. The van der Waals surface area contributed by atoms with Gasteiger partial charge in [0.1, 0.15) is 5.69 Å².